The highest BCUT2D eigenvalue weighted by Crippen LogP contribution is 2.28. The van der Waals surface area contributed by atoms with Gasteiger partial charge >= 0.3 is 0 Å². The van der Waals surface area contributed by atoms with Crippen LogP contribution in [-0.2, 0) is 9.53 Å². The summed E-state index contributed by atoms with van der Waals surface area (Å²) >= 11 is 0. The first-order valence-electron chi connectivity index (χ1n) is 6.74. The van der Waals surface area contributed by atoms with Crippen LogP contribution in [0.1, 0.15) is 38.5 Å². The van der Waals surface area contributed by atoms with Crippen molar-refractivity contribution in [2.24, 2.45) is 11.3 Å². The fourth-order valence-electron chi connectivity index (χ4n) is 2.70. The first kappa shape index (κ1) is 12.8. The molecule has 1 saturated carbocycles. The summed E-state index contributed by atoms with van der Waals surface area (Å²) in [6.45, 7) is 1.35. The predicted octanol–water partition coefficient (Wildman–Crippen LogP) is 1.08. The first-order chi connectivity index (χ1) is 8.27. The van der Waals surface area contributed by atoms with E-state index in [2.05, 4.69) is 5.32 Å². The van der Waals surface area contributed by atoms with Gasteiger partial charge < -0.3 is 15.2 Å². The predicted molar refractivity (Wildman–Crippen MR) is 64.5 cm³/mol. The van der Waals surface area contributed by atoms with E-state index >= 15 is 0 Å². The number of hydrogen-bond donors (Lipinski definition) is 2. The van der Waals surface area contributed by atoms with Crippen LogP contribution in [0.5, 0.6) is 0 Å². The summed E-state index contributed by atoms with van der Waals surface area (Å²) in [5, 5.41) is 12.2. The summed E-state index contributed by atoms with van der Waals surface area (Å²) < 4.78 is 5.03. The van der Waals surface area contributed by atoms with Crippen molar-refractivity contribution in [1.29, 1.82) is 0 Å². The van der Waals surface area contributed by atoms with Crippen LogP contribution in [0.4, 0.5) is 0 Å². The third-order valence-corrected chi connectivity index (χ3v) is 4.10. The van der Waals surface area contributed by atoms with Gasteiger partial charge in [0.2, 0.25) is 5.91 Å². The van der Waals surface area contributed by atoms with Gasteiger partial charge in [-0.05, 0) is 12.3 Å². The second kappa shape index (κ2) is 5.83. The van der Waals surface area contributed by atoms with E-state index in [-0.39, 0.29) is 12.5 Å². The first-order valence-corrected chi connectivity index (χ1v) is 6.74. The zero-order chi connectivity index (χ0) is 12.1. The highest BCUT2D eigenvalue weighted by atomic mass is 16.5. The molecule has 0 spiro atoms. The summed E-state index contributed by atoms with van der Waals surface area (Å²) in [5.41, 5.74) is -0.646. The van der Waals surface area contributed by atoms with Crippen molar-refractivity contribution in [3.8, 4) is 0 Å². The Morgan fingerprint density at radius 2 is 2.00 bits per heavy atom. The van der Waals surface area contributed by atoms with Crippen molar-refractivity contribution in [2.45, 2.75) is 38.5 Å². The Balaban J connectivity index is 1.65. The minimum atomic E-state index is -0.646. The van der Waals surface area contributed by atoms with E-state index < -0.39 is 5.41 Å². The van der Waals surface area contributed by atoms with Crippen LogP contribution in [0.15, 0.2) is 0 Å². The standard InChI is InChI=1S/C13H23NO3/c15-8-13(9-17-10-13)12(16)14-7-6-11-4-2-1-3-5-11/h11,15H,1-10H2,(H,14,16). The van der Waals surface area contributed by atoms with E-state index in [0.29, 0.717) is 13.2 Å². The maximum atomic E-state index is 11.9. The molecule has 0 aromatic heterocycles. The zero-order valence-electron chi connectivity index (χ0n) is 10.4. The summed E-state index contributed by atoms with van der Waals surface area (Å²) in [7, 11) is 0. The number of amides is 1. The van der Waals surface area contributed by atoms with Crippen LogP contribution in [0.3, 0.4) is 0 Å². The van der Waals surface area contributed by atoms with Crippen molar-refractivity contribution in [3.05, 3.63) is 0 Å². The van der Waals surface area contributed by atoms with E-state index in [9.17, 15) is 9.90 Å². The molecule has 1 saturated heterocycles. The number of ether oxygens (including phenoxy) is 1. The number of rotatable bonds is 5. The molecule has 2 rings (SSSR count). The maximum Gasteiger partial charge on any atom is 0.233 e. The molecule has 1 aliphatic heterocycles. The lowest BCUT2D eigenvalue weighted by Gasteiger charge is -2.38. The van der Waals surface area contributed by atoms with Crippen molar-refractivity contribution in [1.82, 2.24) is 5.32 Å². The topological polar surface area (TPSA) is 58.6 Å². The molecule has 0 atom stereocenters. The van der Waals surface area contributed by atoms with Gasteiger partial charge in [0.15, 0.2) is 0 Å². The van der Waals surface area contributed by atoms with Crippen LogP contribution >= 0.6 is 0 Å². The smallest absolute Gasteiger partial charge is 0.233 e. The molecule has 2 fully saturated rings. The van der Waals surface area contributed by atoms with Gasteiger partial charge in [-0.3, -0.25) is 4.79 Å². The van der Waals surface area contributed by atoms with Gasteiger partial charge in [0, 0.05) is 6.54 Å². The average Bonchev–Trinajstić information content (AvgIpc) is 2.30. The molecule has 0 radical (unpaired) electrons. The second-order valence-electron chi connectivity index (χ2n) is 5.48. The molecular weight excluding hydrogens is 218 g/mol. The molecule has 4 heteroatoms. The number of aliphatic hydroxyl groups is 1. The molecular formula is C13H23NO3. The molecule has 17 heavy (non-hydrogen) atoms. The third kappa shape index (κ3) is 2.99. The largest absolute Gasteiger partial charge is 0.395 e. The van der Waals surface area contributed by atoms with Crippen LogP contribution in [0.2, 0.25) is 0 Å². The SMILES string of the molecule is O=C(NCCC1CCCCC1)C1(CO)COC1. The fraction of sp³-hybridized carbons (Fsp3) is 0.923. The van der Waals surface area contributed by atoms with Gasteiger partial charge in [-0.1, -0.05) is 32.1 Å². The van der Waals surface area contributed by atoms with E-state index in [0.717, 1.165) is 18.9 Å². The number of aliphatic hydroxyl groups excluding tert-OH is 1. The Morgan fingerprint density at radius 1 is 1.29 bits per heavy atom. The van der Waals surface area contributed by atoms with Gasteiger partial charge in [0.25, 0.3) is 0 Å². The van der Waals surface area contributed by atoms with Gasteiger partial charge in [-0.15, -0.1) is 0 Å². The maximum absolute atomic E-state index is 11.9. The van der Waals surface area contributed by atoms with Gasteiger partial charge in [-0.2, -0.15) is 0 Å². The van der Waals surface area contributed by atoms with Crippen molar-refractivity contribution >= 4 is 5.91 Å². The number of hydrogen-bond acceptors (Lipinski definition) is 3. The monoisotopic (exact) mass is 241 g/mol. The van der Waals surface area contributed by atoms with Gasteiger partial charge in [-0.25, -0.2) is 0 Å². The summed E-state index contributed by atoms with van der Waals surface area (Å²) in [4.78, 5) is 11.9. The Bertz CT molecular complexity index is 252. The molecule has 2 N–H and O–H groups in total. The normalized spacial score (nSPS) is 24.1. The summed E-state index contributed by atoms with van der Waals surface area (Å²) in [6.07, 6.45) is 7.75. The molecule has 1 aliphatic carbocycles. The quantitative estimate of drug-likeness (QED) is 0.757. The van der Waals surface area contributed by atoms with Crippen LogP contribution in [0.25, 0.3) is 0 Å². The molecule has 98 valence electrons. The average molecular weight is 241 g/mol. The number of nitrogens with one attached hydrogen (secondary N) is 1. The molecule has 1 heterocycles. The zero-order valence-corrected chi connectivity index (χ0v) is 10.4. The molecule has 1 amide bonds. The van der Waals surface area contributed by atoms with E-state index in [4.69, 9.17) is 4.74 Å². The highest BCUT2D eigenvalue weighted by Gasteiger charge is 2.45. The fourth-order valence-corrected chi connectivity index (χ4v) is 2.70. The Morgan fingerprint density at radius 3 is 2.53 bits per heavy atom. The molecule has 0 aromatic carbocycles. The van der Waals surface area contributed by atoms with E-state index in [1.165, 1.54) is 32.1 Å². The lowest BCUT2D eigenvalue weighted by molar-refractivity contribution is -0.170. The highest BCUT2D eigenvalue weighted by molar-refractivity contribution is 5.83. The number of carbonyl (C=O) groups excluding carboxylic acids is 1. The van der Waals surface area contributed by atoms with Crippen molar-refractivity contribution < 1.29 is 14.6 Å². The number of carbonyl (C=O) groups is 1. The Kier molecular flexibility index (Phi) is 4.40. The van der Waals surface area contributed by atoms with Crippen LogP contribution < -0.4 is 5.32 Å². The summed E-state index contributed by atoms with van der Waals surface area (Å²) in [6, 6.07) is 0. The minimum absolute atomic E-state index is 0.0398. The molecule has 4 nitrogen and oxygen atoms in total. The molecule has 0 aromatic rings. The van der Waals surface area contributed by atoms with Crippen LogP contribution in [-0.4, -0.2) is 37.4 Å². The van der Waals surface area contributed by atoms with E-state index in [1.807, 2.05) is 0 Å². The van der Waals surface area contributed by atoms with Crippen molar-refractivity contribution in [2.75, 3.05) is 26.4 Å². The van der Waals surface area contributed by atoms with Crippen LogP contribution in [0, 0.1) is 11.3 Å². The van der Waals surface area contributed by atoms with Crippen molar-refractivity contribution in [3.63, 3.8) is 0 Å². The third-order valence-electron chi connectivity index (χ3n) is 4.10. The lowest BCUT2D eigenvalue weighted by atomic mass is 9.85. The van der Waals surface area contributed by atoms with Gasteiger partial charge in [0.1, 0.15) is 5.41 Å². The minimum Gasteiger partial charge on any atom is -0.395 e. The Labute approximate surface area is 103 Å². The lowest BCUT2D eigenvalue weighted by Crippen LogP contribution is -2.56. The molecule has 2 aliphatic rings. The second-order valence-corrected chi connectivity index (χ2v) is 5.48. The molecule has 0 bridgehead atoms. The van der Waals surface area contributed by atoms with Gasteiger partial charge in [0.05, 0.1) is 19.8 Å². The van der Waals surface area contributed by atoms with E-state index in [1.54, 1.807) is 0 Å². The Hall–Kier alpha value is -0.610. The molecule has 0 unspecified atom stereocenters. The summed E-state index contributed by atoms with van der Waals surface area (Å²) in [5.74, 6) is 0.744.